The van der Waals surface area contributed by atoms with E-state index < -0.39 is 24.9 Å². The van der Waals surface area contributed by atoms with Crippen molar-refractivity contribution in [1.82, 2.24) is 15.2 Å². The number of pyridine rings is 1. The number of carbonyl (C=O) groups is 1. The van der Waals surface area contributed by atoms with Crippen molar-refractivity contribution < 1.29 is 27.8 Å². The standard InChI is InChI=1S/C25H30ClF3N4O3/c26-19-4-6-20(7-5-19)33-12-9-18(14-33)24(35)31-21(15-32-10-1-2-11-32)23(34)17-3-8-22(30-13-17)36-16-25(27,28)29/h3-8,13,18,21,23,34H,1-2,9-12,14-16H2,(H,31,35)/t18-,21+,23+/m0/s1. The first-order chi connectivity index (χ1) is 17.2. The number of amides is 1. The molecule has 1 amide bonds. The lowest BCUT2D eigenvalue weighted by Crippen LogP contribution is -2.48. The number of hydrogen-bond acceptors (Lipinski definition) is 6. The van der Waals surface area contributed by atoms with Crippen LogP contribution in [0.5, 0.6) is 5.88 Å². The minimum Gasteiger partial charge on any atom is -0.468 e. The summed E-state index contributed by atoms with van der Waals surface area (Å²) >= 11 is 5.98. The highest BCUT2D eigenvalue weighted by atomic mass is 35.5. The molecule has 1 aromatic heterocycles. The second-order valence-corrected chi connectivity index (χ2v) is 9.75. The molecule has 0 aliphatic carbocycles. The Morgan fingerprint density at radius 3 is 2.53 bits per heavy atom. The Kier molecular flexibility index (Phi) is 8.58. The third kappa shape index (κ3) is 7.24. The van der Waals surface area contributed by atoms with Gasteiger partial charge in [-0.25, -0.2) is 4.98 Å². The molecule has 0 bridgehead atoms. The molecule has 0 unspecified atom stereocenters. The molecule has 11 heteroatoms. The van der Waals surface area contributed by atoms with Crippen LogP contribution in [0.4, 0.5) is 18.9 Å². The minimum absolute atomic E-state index is 0.132. The molecule has 2 aliphatic heterocycles. The van der Waals surface area contributed by atoms with Gasteiger partial charge in [-0.1, -0.05) is 11.6 Å². The van der Waals surface area contributed by atoms with Gasteiger partial charge in [0, 0.05) is 48.2 Å². The summed E-state index contributed by atoms with van der Waals surface area (Å²) < 4.78 is 41.8. The number of ether oxygens (including phenoxy) is 1. The predicted octanol–water partition coefficient (Wildman–Crippen LogP) is 3.82. The summed E-state index contributed by atoms with van der Waals surface area (Å²) in [5, 5.41) is 14.8. The summed E-state index contributed by atoms with van der Waals surface area (Å²) in [5.74, 6) is -0.547. The van der Waals surface area contributed by atoms with E-state index in [1.54, 1.807) is 0 Å². The van der Waals surface area contributed by atoms with Gasteiger partial charge in [0.15, 0.2) is 6.61 Å². The highest BCUT2D eigenvalue weighted by Crippen LogP contribution is 2.27. The van der Waals surface area contributed by atoms with Crippen molar-refractivity contribution in [3.8, 4) is 5.88 Å². The first kappa shape index (κ1) is 26.5. The van der Waals surface area contributed by atoms with E-state index in [9.17, 15) is 23.1 Å². The fourth-order valence-electron chi connectivity index (χ4n) is 4.67. The third-order valence-corrected chi connectivity index (χ3v) is 6.85. The van der Waals surface area contributed by atoms with Gasteiger partial charge in [-0.2, -0.15) is 13.2 Å². The quantitative estimate of drug-likeness (QED) is 0.517. The number of carbonyl (C=O) groups excluding carboxylic acids is 1. The summed E-state index contributed by atoms with van der Waals surface area (Å²) in [6.45, 7) is 2.09. The highest BCUT2D eigenvalue weighted by molar-refractivity contribution is 6.30. The molecule has 2 fully saturated rings. The van der Waals surface area contributed by atoms with Crippen molar-refractivity contribution in [2.75, 3.05) is 44.2 Å². The zero-order chi connectivity index (χ0) is 25.7. The molecule has 36 heavy (non-hydrogen) atoms. The van der Waals surface area contributed by atoms with Crippen molar-refractivity contribution in [2.45, 2.75) is 37.6 Å². The number of rotatable bonds is 9. The molecular formula is C25H30ClF3N4O3. The van der Waals surface area contributed by atoms with Gasteiger partial charge in [0.1, 0.15) is 6.10 Å². The molecule has 3 atom stereocenters. The van der Waals surface area contributed by atoms with Gasteiger partial charge in [0.05, 0.1) is 12.0 Å². The normalized spacial score (nSPS) is 20.4. The lowest BCUT2D eigenvalue weighted by molar-refractivity contribution is -0.154. The van der Waals surface area contributed by atoms with Crippen LogP contribution in [0.3, 0.4) is 0 Å². The molecule has 2 saturated heterocycles. The second kappa shape index (κ2) is 11.7. The van der Waals surface area contributed by atoms with Gasteiger partial charge >= 0.3 is 6.18 Å². The second-order valence-electron chi connectivity index (χ2n) is 9.31. The van der Waals surface area contributed by atoms with E-state index in [4.69, 9.17) is 11.6 Å². The van der Waals surface area contributed by atoms with E-state index in [2.05, 4.69) is 24.8 Å². The maximum Gasteiger partial charge on any atom is 0.422 e. The monoisotopic (exact) mass is 526 g/mol. The van der Waals surface area contributed by atoms with Crippen LogP contribution in [0, 0.1) is 5.92 Å². The number of hydrogen-bond donors (Lipinski definition) is 2. The van der Waals surface area contributed by atoms with E-state index >= 15 is 0 Å². The van der Waals surface area contributed by atoms with Crippen molar-refractivity contribution >= 4 is 23.2 Å². The number of anilines is 1. The smallest absolute Gasteiger partial charge is 0.422 e. The number of alkyl halides is 3. The van der Waals surface area contributed by atoms with E-state index in [0.29, 0.717) is 30.1 Å². The minimum atomic E-state index is -4.46. The Labute approximate surface area is 213 Å². The molecule has 1 aromatic carbocycles. The van der Waals surface area contributed by atoms with Crippen molar-refractivity contribution in [1.29, 1.82) is 0 Å². The van der Waals surface area contributed by atoms with Crippen LogP contribution in [0.25, 0.3) is 0 Å². The van der Waals surface area contributed by atoms with E-state index in [0.717, 1.165) is 38.2 Å². The summed E-state index contributed by atoms with van der Waals surface area (Å²) in [5.41, 5.74) is 1.40. The zero-order valence-corrected chi connectivity index (χ0v) is 20.5. The van der Waals surface area contributed by atoms with Gasteiger partial charge < -0.3 is 25.0 Å². The van der Waals surface area contributed by atoms with Crippen molar-refractivity contribution in [3.63, 3.8) is 0 Å². The number of nitrogens with one attached hydrogen (secondary N) is 1. The lowest BCUT2D eigenvalue weighted by atomic mass is 10.0. The van der Waals surface area contributed by atoms with E-state index in [-0.39, 0.29) is 17.7 Å². The Balaban J connectivity index is 1.40. The fourth-order valence-corrected chi connectivity index (χ4v) is 4.80. The first-order valence-electron chi connectivity index (χ1n) is 12.0. The van der Waals surface area contributed by atoms with Gasteiger partial charge in [-0.05, 0) is 62.7 Å². The highest BCUT2D eigenvalue weighted by Gasteiger charge is 2.33. The maximum atomic E-state index is 13.2. The summed E-state index contributed by atoms with van der Waals surface area (Å²) in [6.07, 6.45) is -1.45. The van der Waals surface area contributed by atoms with Gasteiger partial charge in [0.25, 0.3) is 0 Å². The fraction of sp³-hybridized carbons (Fsp3) is 0.520. The number of nitrogens with zero attached hydrogens (tertiary/aromatic N) is 3. The molecule has 0 saturated carbocycles. The Bertz CT molecular complexity index is 1000. The first-order valence-corrected chi connectivity index (χ1v) is 12.4. The number of aliphatic hydroxyl groups excluding tert-OH is 1. The van der Waals surface area contributed by atoms with Crippen LogP contribution in [0.15, 0.2) is 42.6 Å². The van der Waals surface area contributed by atoms with Crippen LogP contribution in [0.1, 0.15) is 30.9 Å². The van der Waals surface area contributed by atoms with E-state index in [1.165, 1.54) is 18.3 Å². The maximum absolute atomic E-state index is 13.2. The molecule has 3 heterocycles. The zero-order valence-electron chi connectivity index (χ0n) is 19.8. The summed E-state index contributed by atoms with van der Waals surface area (Å²) in [4.78, 5) is 21.4. The largest absolute Gasteiger partial charge is 0.468 e. The molecule has 2 aliphatic rings. The lowest BCUT2D eigenvalue weighted by Gasteiger charge is -2.29. The summed E-state index contributed by atoms with van der Waals surface area (Å²) in [6, 6.07) is 9.67. The van der Waals surface area contributed by atoms with Crippen LogP contribution < -0.4 is 15.0 Å². The third-order valence-electron chi connectivity index (χ3n) is 6.60. The Morgan fingerprint density at radius 1 is 1.17 bits per heavy atom. The van der Waals surface area contributed by atoms with Crippen molar-refractivity contribution in [2.24, 2.45) is 5.92 Å². The number of likely N-dealkylation sites (tertiary alicyclic amines) is 1. The van der Waals surface area contributed by atoms with Crippen LogP contribution in [-0.4, -0.2) is 72.4 Å². The summed E-state index contributed by atoms with van der Waals surface area (Å²) in [7, 11) is 0. The predicted molar refractivity (Wildman–Crippen MR) is 130 cm³/mol. The number of halogens is 4. The van der Waals surface area contributed by atoms with Crippen LogP contribution >= 0.6 is 11.6 Å². The molecule has 2 aromatic rings. The van der Waals surface area contributed by atoms with Gasteiger partial charge in [-0.3, -0.25) is 4.79 Å². The van der Waals surface area contributed by atoms with Gasteiger partial charge in [0.2, 0.25) is 11.8 Å². The molecule has 4 rings (SSSR count). The number of benzene rings is 1. The average Bonchev–Trinajstić information content (AvgIpc) is 3.55. The topological polar surface area (TPSA) is 77.9 Å². The SMILES string of the molecule is O=C(N[C@H](CN1CCCC1)[C@H](O)c1ccc(OCC(F)(F)F)nc1)[C@H]1CCN(c2ccc(Cl)cc2)C1. The molecule has 0 spiro atoms. The van der Waals surface area contributed by atoms with Crippen LogP contribution in [-0.2, 0) is 4.79 Å². The molecular weight excluding hydrogens is 497 g/mol. The average molecular weight is 527 g/mol. The Morgan fingerprint density at radius 2 is 1.89 bits per heavy atom. The molecule has 196 valence electrons. The molecule has 2 N–H and O–H groups in total. The van der Waals surface area contributed by atoms with Crippen molar-refractivity contribution in [3.05, 3.63) is 53.2 Å². The van der Waals surface area contributed by atoms with Gasteiger partial charge in [-0.15, -0.1) is 0 Å². The molecule has 7 nitrogen and oxygen atoms in total. The number of aromatic nitrogens is 1. The van der Waals surface area contributed by atoms with E-state index in [1.807, 2.05) is 24.3 Å². The van der Waals surface area contributed by atoms with Crippen LogP contribution in [0.2, 0.25) is 5.02 Å². The Hall–Kier alpha value is -2.56. The molecule has 0 radical (unpaired) electrons. The number of aliphatic hydroxyl groups is 1.